The Labute approximate surface area is 119 Å². The minimum atomic E-state index is -0.312. The molecule has 1 saturated heterocycles. The van der Waals surface area contributed by atoms with Crippen molar-refractivity contribution in [3.63, 3.8) is 0 Å². The maximum atomic E-state index is 12.2. The summed E-state index contributed by atoms with van der Waals surface area (Å²) in [5.41, 5.74) is 0.537. The third kappa shape index (κ3) is 2.85. The Morgan fingerprint density at radius 1 is 1.47 bits per heavy atom. The van der Waals surface area contributed by atoms with Crippen molar-refractivity contribution in [2.45, 2.75) is 29.9 Å². The summed E-state index contributed by atoms with van der Waals surface area (Å²) in [6.07, 6.45) is 7.76. The molecule has 1 fully saturated rings. The van der Waals surface area contributed by atoms with E-state index in [9.17, 15) is 9.59 Å². The molecule has 2 unspecified atom stereocenters. The SMILES string of the molecule is O=C1C=CN=C2SC(C(=O)SC3CCCCO3)C=C12. The average Bonchev–Trinajstić information content (AvgIpc) is 2.85. The van der Waals surface area contributed by atoms with E-state index in [2.05, 4.69) is 4.99 Å². The lowest BCUT2D eigenvalue weighted by molar-refractivity contribution is -0.111. The second-order valence-electron chi connectivity index (χ2n) is 4.47. The molecule has 3 rings (SSSR count). The Balaban J connectivity index is 1.64. The molecule has 0 bridgehead atoms. The van der Waals surface area contributed by atoms with E-state index in [4.69, 9.17) is 4.74 Å². The first-order valence-electron chi connectivity index (χ1n) is 6.24. The lowest BCUT2D eigenvalue weighted by Crippen LogP contribution is -2.20. The van der Waals surface area contributed by atoms with Gasteiger partial charge in [-0.2, -0.15) is 0 Å². The normalized spacial score (nSPS) is 29.8. The molecule has 0 saturated carbocycles. The summed E-state index contributed by atoms with van der Waals surface area (Å²) in [5, 5.41) is 0.401. The zero-order valence-corrected chi connectivity index (χ0v) is 11.8. The number of hydrogen-bond acceptors (Lipinski definition) is 6. The van der Waals surface area contributed by atoms with Gasteiger partial charge >= 0.3 is 0 Å². The quantitative estimate of drug-likeness (QED) is 0.782. The number of ketones is 1. The number of hydrogen-bond donors (Lipinski definition) is 0. The van der Waals surface area contributed by atoms with Gasteiger partial charge in [0.15, 0.2) is 5.78 Å². The van der Waals surface area contributed by atoms with E-state index >= 15 is 0 Å². The molecule has 2 atom stereocenters. The van der Waals surface area contributed by atoms with E-state index in [0.29, 0.717) is 10.6 Å². The Morgan fingerprint density at radius 2 is 2.37 bits per heavy atom. The summed E-state index contributed by atoms with van der Waals surface area (Å²) in [6.45, 7) is 0.735. The summed E-state index contributed by atoms with van der Waals surface area (Å²) in [7, 11) is 0. The van der Waals surface area contributed by atoms with Gasteiger partial charge in [0.05, 0.1) is 10.8 Å². The van der Waals surface area contributed by atoms with Crippen LogP contribution in [0.3, 0.4) is 0 Å². The smallest absolute Gasteiger partial charge is 0.208 e. The van der Waals surface area contributed by atoms with Gasteiger partial charge in [0.2, 0.25) is 5.12 Å². The second-order valence-corrected chi connectivity index (χ2v) is 6.76. The summed E-state index contributed by atoms with van der Waals surface area (Å²) in [4.78, 5) is 28.0. The predicted molar refractivity (Wildman–Crippen MR) is 77.2 cm³/mol. The molecular weight excluding hydrogens is 282 g/mol. The van der Waals surface area contributed by atoms with Crippen molar-refractivity contribution in [1.82, 2.24) is 0 Å². The lowest BCUT2D eigenvalue weighted by Gasteiger charge is -2.21. The Morgan fingerprint density at radius 3 is 3.11 bits per heavy atom. The third-order valence-corrected chi connectivity index (χ3v) is 5.51. The standard InChI is InChI=1S/C13H13NO3S2/c15-9-4-5-14-12-8(9)7-10(18-12)13(16)19-11-3-1-2-6-17-11/h4-5,7,10-11H,1-3,6H2. The predicted octanol–water partition coefficient (Wildman–Crippen LogP) is 2.31. The highest BCUT2D eigenvalue weighted by Gasteiger charge is 2.33. The highest BCUT2D eigenvalue weighted by Crippen LogP contribution is 2.36. The van der Waals surface area contributed by atoms with Gasteiger partial charge in [0, 0.05) is 18.9 Å². The van der Waals surface area contributed by atoms with Gasteiger partial charge in [-0.1, -0.05) is 23.5 Å². The molecule has 0 spiro atoms. The fraction of sp³-hybridized carbons (Fsp3) is 0.462. The molecule has 6 heteroatoms. The van der Waals surface area contributed by atoms with Crippen LogP contribution in [0.4, 0.5) is 0 Å². The number of nitrogens with zero attached hydrogens (tertiary/aromatic N) is 1. The first-order chi connectivity index (χ1) is 9.24. The number of fused-ring (bicyclic) bond motifs is 1. The summed E-state index contributed by atoms with van der Waals surface area (Å²) < 4.78 is 5.55. The van der Waals surface area contributed by atoms with Crippen molar-refractivity contribution in [1.29, 1.82) is 0 Å². The molecule has 0 aromatic heterocycles. The molecule has 0 radical (unpaired) electrons. The van der Waals surface area contributed by atoms with Crippen molar-refractivity contribution in [3.8, 4) is 0 Å². The minimum Gasteiger partial charge on any atom is -0.367 e. The van der Waals surface area contributed by atoms with Crippen molar-refractivity contribution < 1.29 is 14.3 Å². The average molecular weight is 295 g/mol. The Kier molecular flexibility index (Phi) is 3.91. The van der Waals surface area contributed by atoms with Crippen LogP contribution in [0.25, 0.3) is 0 Å². The first kappa shape index (κ1) is 13.1. The molecule has 0 aromatic carbocycles. The monoisotopic (exact) mass is 295 g/mol. The number of carbonyl (C=O) groups is 2. The van der Waals surface area contributed by atoms with Gasteiger partial charge in [-0.3, -0.25) is 9.59 Å². The molecule has 0 N–H and O–H groups in total. The van der Waals surface area contributed by atoms with Gasteiger partial charge in [0.25, 0.3) is 0 Å². The highest BCUT2D eigenvalue weighted by molar-refractivity contribution is 8.21. The van der Waals surface area contributed by atoms with Crippen LogP contribution in [-0.4, -0.2) is 33.2 Å². The minimum absolute atomic E-state index is 0.0290. The van der Waals surface area contributed by atoms with Gasteiger partial charge in [-0.05, 0) is 25.3 Å². The van der Waals surface area contributed by atoms with Crippen LogP contribution in [0.15, 0.2) is 28.9 Å². The molecule has 3 aliphatic rings. The molecular formula is C13H13NO3S2. The third-order valence-electron chi connectivity index (χ3n) is 3.09. The van der Waals surface area contributed by atoms with Crippen LogP contribution in [0.2, 0.25) is 0 Å². The van der Waals surface area contributed by atoms with Gasteiger partial charge < -0.3 is 4.74 Å². The topological polar surface area (TPSA) is 55.7 Å². The zero-order valence-electron chi connectivity index (χ0n) is 10.2. The zero-order chi connectivity index (χ0) is 13.2. The number of allylic oxidation sites excluding steroid dienone is 1. The van der Waals surface area contributed by atoms with Crippen LogP contribution in [0, 0.1) is 0 Å². The second kappa shape index (κ2) is 5.64. The van der Waals surface area contributed by atoms with Crippen LogP contribution in [0.1, 0.15) is 19.3 Å². The van der Waals surface area contributed by atoms with Crippen molar-refractivity contribution in [2.24, 2.45) is 4.99 Å². The largest absolute Gasteiger partial charge is 0.367 e. The Hall–Kier alpha value is -0.850. The maximum Gasteiger partial charge on any atom is 0.208 e. The van der Waals surface area contributed by atoms with Crippen LogP contribution >= 0.6 is 23.5 Å². The van der Waals surface area contributed by atoms with Crippen molar-refractivity contribution in [2.75, 3.05) is 6.61 Å². The van der Waals surface area contributed by atoms with E-state index in [1.807, 2.05) is 0 Å². The van der Waals surface area contributed by atoms with Crippen molar-refractivity contribution >= 4 is 39.5 Å². The lowest BCUT2D eigenvalue weighted by atomic mass is 10.1. The number of ether oxygens (including phenoxy) is 1. The molecule has 19 heavy (non-hydrogen) atoms. The molecule has 0 aromatic rings. The van der Waals surface area contributed by atoms with Gasteiger partial charge in [0.1, 0.15) is 10.5 Å². The summed E-state index contributed by atoms with van der Waals surface area (Å²) >= 11 is 2.61. The fourth-order valence-electron chi connectivity index (χ4n) is 2.11. The number of aliphatic imine (C=N–C) groups is 1. The molecule has 4 nitrogen and oxygen atoms in total. The molecule has 3 aliphatic heterocycles. The highest BCUT2D eigenvalue weighted by atomic mass is 32.2. The van der Waals surface area contributed by atoms with Crippen LogP contribution in [-0.2, 0) is 14.3 Å². The fourth-order valence-corrected chi connectivity index (χ4v) is 4.29. The van der Waals surface area contributed by atoms with Crippen LogP contribution in [0.5, 0.6) is 0 Å². The molecule has 0 amide bonds. The molecule has 0 aliphatic carbocycles. The van der Waals surface area contributed by atoms with Crippen molar-refractivity contribution in [3.05, 3.63) is 23.9 Å². The van der Waals surface area contributed by atoms with E-state index in [-0.39, 0.29) is 21.6 Å². The van der Waals surface area contributed by atoms with Crippen LogP contribution < -0.4 is 0 Å². The van der Waals surface area contributed by atoms with E-state index in [1.54, 1.807) is 6.08 Å². The molecule has 3 heterocycles. The van der Waals surface area contributed by atoms with Gasteiger partial charge in [-0.15, -0.1) is 0 Å². The Bertz CT molecular complexity index is 504. The molecule has 100 valence electrons. The van der Waals surface area contributed by atoms with Gasteiger partial charge in [-0.25, -0.2) is 4.99 Å². The van der Waals surface area contributed by atoms with E-state index in [1.165, 1.54) is 35.8 Å². The first-order valence-corrected chi connectivity index (χ1v) is 7.99. The van der Waals surface area contributed by atoms with E-state index < -0.39 is 0 Å². The number of rotatable bonds is 2. The van der Waals surface area contributed by atoms with E-state index in [0.717, 1.165) is 25.9 Å². The number of carbonyl (C=O) groups excluding carboxylic acids is 2. The number of thioether (sulfide) groups is 2. The maximum absolute atomic E-state index is 12.2. The summed E-state index contributed by atoms with van der Waals surface area (Å²) in [5.74, 6) is -0.0632. The summed E-state index contributed by atoms with van der Waals surface area (Å²) in [6, 6.07) is 0.